The van der Waals surface area contributed by atoms with E-state index in [2.05, 4.69) is 9.97 Å². The molecule has 0 bridgehead atoms. The van der Waals surface area contributed by atoms with Gasteiger partial charge in [0.05, 0.1) is 26.3 Å². The van der Waals surface area contributed by atoms with Crippen LogP contribution in [-0.4, -0.2) is 68.3 Å². The van der Waals surface area contributed by atoms with Gasteiger partial charge in [0, 0.05) is 33.0 Å². The number of benzene rings is 1. The van der Waals surface area contributed by atoms with Gasteiger partial charge in [0.1, 0.15) is 6.10 Å². The summed E-state index contributed by atoms with van der Waals surface area (Å²) in [6.45, 7) is 1.14. The molecule has 0 saturated carbocycles. The highest BCUT2D eigenvalue weighted by molar-refractivity contribution is 5.98. The van der Waals surface area contributed by atoms with Gasteiger partial charge in [-0.15, -0.1) is 0 Å². The van der Waals surface area contributed by atoms with Crippen LogP contribution in [-0.2, 0) is 0 Å². The Morgan fingerprint density at radius 1 is 1.18 bits per heavy atom. The number of rotatable bonds is 6. The number of hydrogen-bond donors (Lipinski definition) is 0. The smallest absolute Gasteiger partial charge is 0.257 e. The van der Waals surface area contributed by atoms with E-state index in [-0.39, 0.29) is 12.0 Å². The van der Waals surface area contributed by atoms with Crippen molar-refractivity contribution in [2.24, 2.45) is 0 Å². The normalized spacial score (nSPS) is 16.4. The van der Waals surface area contributed by atoms with E-state index in [9.17, 15) is 4.79 Å². The minimum Gasteiger partial charge on any atom is -0.493 e. The summed E-state index contributed by atoms with van der Waals surface area (Å²) in [6, 6.07) is 5.31. The monoisotopic (exact) mass is 386 g/mol. The number of carbonyl (C=O) groups is 1. The third-order valence-electron chi connectivity index (χ3n) is 4.65. The van der Waals surface area contributed by atoms with Gasteiger partial charge >= 0.3 is 0 Å². The first-order valence-electron chi connectivity index (χ1n) is 9.20. The maximum absolute atomic E-state index is 13.1. The number of hydrogen-bond acceptors (Lipinski definition) is 7. The summed E-state index contributed by atoms with van der Waals surface area (Å²) in [4.78, 5) is 25.4. The number of methoxy groups -OCH3 is 2. The van der Waals surface area contributed by atoms with E-state index in [0.29, 0.717) is 41.8 Å². The highest BCUT2D eigenvalue weighted by Gasteiger charge is 2.29. The highest BCUT2D eigenvalue weighted by Crippen LogP contribution is 2.32. The van der Waals surface area contributed by atoms with E-state index in [1.54, 1.807) is 42.6 Å². The number of amides is 1. The molecule has 1 aliphatic heterocycles. The fraction of sp³-hybridized carbons (Fsp3) is 0.450. The molecular weight excluding hydrogens is 360 g/mol. The molecule has 1 aliphatic rings. The molecule has 150 valence electrons. The van der Waals surface area contributed by atoms with E-state index >= 15 is 0 Å². The molecular formula is C20H26N4O4. The minimum absolute atomic E-state index is 0.101. The molecule has 0 N–H and O–H groups in total. The van der Waals surface area contributed by atoms with Crippen LogP contribution >= 0.6 is 0 Å². The van der Waals surface area contributed by atoms with Gasteiger partial charge in [-0.2, -0.15) is 0 Å². The van der Waals surface area contributed by atoms with Gasteiger partial charge in [0.15, 0.2) is 17.3 Å². The van der Waals surface area contributed by atoms with Crippen LogP contribution in [0, 0.1) is 0 Å². The van der Waals surface area contributed by atoms with Gasteiger partial charge in [-0.05, 0) is 25.0 Å². The summed E-state index contributed by atoms with van der Waals surface area (Å²) < 4.78 is 16.8. The van der Waals surface area contributed by atoms with Gasteiger partial charge in [0.2, 0.25) is 0 Å². The second kappa shape index (κ2) is 8.77. The van der Waals surface area contributed by atoms with Crippen LogP contribution in [0.15, 0.2) is 30.6 Å². The first-order valence-corrected chi connectivity index (χ1v) is 9.20. The molecule has 1 saturated heterocycles. The fourth-order valence-corrected chi connectivity index (χ4v) is 3.31. The molecule has 3 rings (SSSR count). The lowest BCUT2D eigenvalue weighted by Crippen LogP contribution is -2.44. The van der Waals surface area contributed by atoms with Crippen LogP contribution in [0.25, 0.3) is 0 Å². The predicted octanol–water partition coefficient (Wildman–Crippen LogP) is 2.24. The zero-order valence-electron chi connectivity index (χ0n) is 16.7. The Morgan fingerprint density at radius 3 is 2.68 bits per heavy atom. The van der Waals surface area contributed by atoms with E-state index in [4.69, 9.17) is 14.2 Å². The summed E-state index contributed by atoms with van der Waals surface area (Å²) in [6.07, 6.45) is 4.79. The summed E-state index contributed by atoms with van der Waals surface area (Å²) in [7, 11) is 6.87. The zero-order valence-corrected chi connectivity index (χ0v) is 16.7. The van der Waals surface area contributed by atoms with Crippen molar-refractivity contribution >= 4 is 11.7 Å². The van der Waals surface area contributed by atoms with Crippen molar-refractivity contribution in [1.29, 1.82) is 0 Å². The number of anilines is 1. The molecule has 1 aromatic heterocycles. The Balaban J connectivity index is 1.76. The molecule has 28 heavy (non-hydrogen) atoms. The van der Waals surface area contributed by atoms with Crippen molar-refractivity contribution in [1.82, 2.24) is 14.9 Å². The largest absolute Gasteiger partial charge is 0.493 e. The second-order valence-electron chi connectivity index (χ2n) is 6.75. The zero-order chi connectivity index (χ0) is 20.1. The first kappa shape index (κ1) is 19.7. The number of piperidine rings is 1. The first-order chi connectivity index (χ1) is 13.5. The van der Waals surface area contributed by atoms with Crippen LogP contribution in [0.5, 0.6) is 17.4 Å². The average molecular weight is 386 g/mol. The lowest BCUT2D eigenvalue weighted by atomic mass is 10.1. The third-order valence-corrected chi connectivity index (χ3v) is 4.65. The number of para-hydroxylation sites is 1. The molecule has 0 radical (unpaired) electrons. The van der Waals surface area contributed by atoms with Crippen molar-refractivity contribution in [3.63, 3.8) is 0 Å². The lowest BCUT2D eigenvalue weighted by molar-refractivity contribution is 0.0525. The van der Waals surface area contributed by atoms with Crippen molar-refractivity contribution in [3.05, 3.63) is 36.2 Å². The van der Waals surface area contributed by atoms with Gasteiger partial charge in [0.25, 0.3) is 11.8 Å². The van der Waals surface area contributed by atoms with Crippen LogP contribution in [0.2, 0.25) is 0 Å². The summed E-state index contributed by atoms with van der Waals surface area (Å²) >= 11 is 0. The fourth-order valence-electron chi connectivity index (χ4n) is 3.31. The molecule has 0 aliphatic carbocycles. The molecule has 0 spiro atoms. The van der Waals surface area contributed by atoms with Gasteiger partial charge < -0.3 is 24.0 Å². The molecule has 2 aromatic rings. The number of aromatic nitrogens is 2. The number of nitrogens with zero attached hydrogens (tertiary/aromatic N) is 4. The Hall–Kier alpha value is -3.03. The summed E-state index contributed by atoms with van der Waals surface area (Å²) in [5, 5.41) is 0. The van der Waals surface area contributed by atoms with Crippen molar-refractivity contribution in [2.45, 2.75) is 18.9 Å². The molecule has 8 heteroatoms. The molecule has 1 fully saturated rings. The van der Waals surface area contributed by atoms with Crippen LogP contribution in [0.1, 0.15) is 23.2 Å². The number of carbonyl (C=O) groups excluding carboxylic acids is 1. The quantitative estimate of drug-likeness (QED) is 0.753. The molecule has 1 atom stereocenters. The van der Waals surface area contributed by atoms with E-state index in [1.165, 1.54) is 7.11 Å². The van der Waals surface area contributed by atoms with Crippen molar-refractivity contribution in [2.75, 3.05) is 46.3 Å². The third kappa shape index (κ3) is 4.11. The average Bonchev–Trinajstić information content (AvgIpc) is 2.73. The van der Waals surface area contributed by atoms with Crippen LogP contribution in [0.3, 0.4) is 0 Å². The van der Waals surface area contributed by atoms with Gasteiger partial charge in [-0.25, -0.2) is 9.97 Å². The molecule has 1 aromatic carbocycles. The summed E-state index contributed by atoms with van der Waals surface area (Å²) in [5.74, 6) is 2.03. The number of ether oxygens (including phenoxy) is 3. The SMILES string of the molecule is COc1cccc(C(=O)N2CCCC(Oc3nccnc3N(C)C)C2)c1OC. The molecule has 2 heterocycles. The molecule has 1 amide bonds. The van der Waals surface area contributed by atoms with E-state index < -0.39 is 0 Å². The van der Waals surface area contributed by atoms with Crippen LogP contribution < -0.4 is 19.1 Å². The predicted molar refractivity (Wildman–Crippen MR) is 105 cm³/mol. The van der Waals surface area contributed by atoms with Gasteiger partial charge in [-0.1, -0.05) is 6.07 Å². The summed E-state index contributed by atoms with van der Waals surface area (Å²) in [5.41, 5.74) is 0.482. The minimum atomic E-state index is -0.148. The van der Waals surface area contributed by atoms with Crippen molar-refractivity contribution < 1.29 is 19.0 Å². The maximum atomic E-state index is 13.1. The highest BCUT2D eigenvalue weighted by atomic mass is 16.5. The van der Waals surface area contributed by atoms with E-state index in [1.807, 2.05) is 19.0 Å². The lowest BCUT2D eigenvalue weighted by Gasteiger charge is -2.33. The molecule has 8 nitrogen and oxygen atoms in total. The Bertz CT molecular complexity index is 828. The topological polar surface area (TPSA) is 77.0 Å². The van der Waals surface area contributed by atoms with Crippen molar-refractivity contribution in [3.8, 4) is 17.4 Å². The number of likely N-dealkylation sites (tertiary alicyclic amines) is 1. The van der Waals surface area contributed by atoms with Gasteiger partial charge in [-0.3, -0.25) is 4.79 Å². The Labute approximate surface area is 165 Å². The Morgan fingerprint density at radius 2 is 1.96 bits per heavy atom. The standard InChI is InChI=1S/C20H26N4O4/c1-23(2)18-19(22-11-10-21-18)28-14-7-6-12-24(13-14)20(25)15-8-5-9-16(26-3)17(15)27-4/h5,8-11,14H,6-7,12-13H2,1-4H3. The van der Waals surface area contributed by atoms with E-state index in [0.717, 1.165) is 12.8 Å². The Kier molecular flexibility index (Phi) is 6.18. The van der Waals surface area contributed by atoms with Crippen LogP contribution in [0.4, 0.5) is 5.82 Å². The molecule has 1 unspecified atom stereocenters. The maximum Gasteiger partial charge on any atom is 0.257 e. The second-order valence-corrected chi connectivity index (χ2v) is 6.75.